The van der Waals surface area contributed by atoms with Crippen LogP contribution in [0.15, 0.2) is 218 Å². The molecule has 9 heteroatoms. The molecule has 0 heterocycles. The molecule has 7 nitrogen and oxygen atoms in total. The second kappa shape index (κ2) is 19.2. The van der Waals surface area contributed by atoms with E-state index in [-0.39, 0.29) is 17.3 Å². The van der Waals surface area contributed by atoms with E-state index in [1.807, 2.05) is 72.8 Å². The number of hydrogen-bond donors (Lipinski definition) is 0. The first kappa shape index (κ1) is 43.4. The van der Waals surface area contributed by atoms with Crippen molar-refractivity contribution in [3.8, 4) is 46.0 Å². The first-order valence-corrected chi connectivity index (χ1v) is 22.3. The lowest BCUT2D eigenvalue weighted by Gasteiger charge is -2.13. The van der Waals surface area contributed by atoms with E-state index < -0.39 is 0 Å². The van der Waals surface area contributed by atoms with Crippen LogP contribution >= 0.6 is 23.2 Å². The molecule has 0 unspecified atom stereocenters. The van der Waals surface area contributed by atoms with Gasteiger partial charge in [0.05, 0.1) is 0 Å². The molecule has 328 valence electrons. The Hall–Kier alpha value is -8.49. The summed E-state index contributed by atoms with van der Waals surface area (Å²) in [5.41, 5.74) is 3.22. The molecule has 0 aromatic heterocycles. The number of carbonyl (C=O) groups is 3. The minimum atomic E-state index is -0.140. The third kappa shape index (κ3) is 9.57. The molecular formula is C59H36Cl2O7. The van der Waals surface area contributed by atoms with Crippen molar-refractivity contribution in [3.63, 3.8) is 0 Å². The summed E-state index contributed by atoms with van der Waals surface area (Å²) in [6.45, 7) is 0. The van der Waals surface area contributed by atoms with Crippen LogP contribution in [0.5, 0.6) is 46.0 Å². The van der Waals surface area contributed by atoms with Crippen molar-refractivity contribution in [2.45, 2.75) is 0 Å². The molecule has 0 fully saturated rings. The maximum Gasteiger partial charge on any atom is 0.193 e. The van der Waals surface area contributed by atoms with Gasteiger partial charge in [0.25, 0.3) is 0 Å². The van der Waals surface area contributed by atoms with Gasteiger partial charge in [-0.15, -0.1) is 0 Å². The molecule has 0 saturated carbocycles. The molecule has 10 rings (SSSR count). The van der Waals surface area contributed by atoms with Crippen LogP contribution in [0.3, 0.4) is 0 Å². The van der Waals surface area contributed by atoms with E-state index in [9.17, 15) is 14.4 Å². The van der Waals surface area contributed by atoms with E-state index in [1.54, 1.807) is 146 Å². The van der Waals surface area contributed by atoms with Gasteiger partial charge in [-0.1, -0.05) is 59.6 Å². The Bertz CT molecular complexity index is 3480. The van der Waals surface area contributed by atoms with Gasteiger partial charge < -0.3 is 18.9 Å². The average molecular weight is 928 g/mol. The Labute approximate surface area is 401 Å². The molecular weight excluding hydrogens is 892 g/mol. The van der Waals surface area contributed by atoms with Crippen molar-refractivity contribution in [3.05, 3.63) is 262 Å². The predicted octanol–water partition coefficient (Wildman–Crippen LogP) is 16.2. The third-order valence-corrected chi connectivity index (χ3v) is 11.8. The van der Waals surface area contributed by atoms with Crippen LogP contribution in [0.25, 0.3) is 21.5 Å². The average Bonchev–Trinajstić information content (AvgIpc) is 3.37. The Kier molecular flexibility index (Phi) is 12.2. The summed E-state index contributed by atoms with van der Waals surface area (Å²) in [7, 11) is 0. The summed E-state index contributed by atoms with van der Waals surface area (Å²) in [5.74, 6) is 4.52. The Balaban J connectivity index is 0.761. The van der Waals surface area contributed by atoms with Crippen LogP contribution in [0, 0.1) is 0 Å². The second-order valence-corrected chi connectivity index (χ2v) is 16.6. The molecule has 0 N–H and O–H groups in total. The first-order valence-electron chi connectivity index (χ1n) is 21.5. The fourth-order valence-corrected chi connectivity index (χ4v) is 7.98. The van der Waals surface area contributed by atoms with Gasteiger partial charge in [0, 0.05) is 59.6 Å². The summed E-state index contributed by atoms with van der Waals surface area (Å²) in [6.07, 6.45) is 0. The van der Waals surface area contributed by atoms with E-state index in [2.05, 4.69) is 0 Å². The number of halogens is 2. The van der Waals surface area contributed by atoms with Crippen molar-refractivity contribution < 1.29 is 33.3 Å². The van der Waals surface area contributed by atoms with Gasteiger partial charge in [0.2, 0.25) is 0 Å². The molecule has 0 saturated heterocycles. The maximum atomic E-state index is 13.6. The summed E-state index contributed by atoms with van der Waals surface area (Å²) in [6, 6.07) is 64.7. The monoisotopic (exact) mass is 926 g/mol. The van der Waals surface area contributed by atoms with Crippen LogP contribution < -0.4 is 18.9 Å². The number of fused-ring (bicyclic) bond motifs is 2. The fourth-order valence-electron chi connectivity index (χ4n) is 7.73. The van der Waals surface area contributed by atoms with Gasteiger partial charge in [-0.2, -0.15) is 0 Å². The lowest BCUT2D eigenvalue weighted by atomic mass is 10.0. The van der Waals surface area contributed by atoms with Crippen molar-refractivity contribution in [1.29, 1.82) is 0 Å². The Morgan fingerprint density at radius 1 is 0.279 bits per heavy atom. The minimum absolute atomic E-state index is 0.0982. The highest BCUT2D eigenvalue weighted by Crippen LogP contribution is 2.38. The molecule has 0 bridgehead atoms. The molecule has 0 aliphatic carbocycles. The van der Waals surface area contributed by atoms with E-state index in [4.69, 9.17) is 42.1 Å². The summed E-state index contributed by atoms with van der Waals surface area (Å²) >= 11 is 12.0. The minimum Gasteiger partial charge on any atom is -0.457 e. The van der Waals surface area contributed by atoms with Gasteiger partial charge in [0.15, 0.2) is 17.3 Å². The number of carbonyl (C=O) groups excluding carboxylic acids is 3. The quantitative estimate of drug-likeness (QED) is 0.100. The van der Waals surface area contributed by atoms with Gasteiger partial charge in [0.1, 0.15) is 46.0 Å². The molecule has 0 radical (unpaired) electrons. The molecule has 10 aromatic carbocycles. The number of hydrogen-bond acceptors (Lipinski definition) is 7. The van der Waals surface area contributed by atoms with Crippen LogP contribution in [0.2, 0.25) is 10.0 Å². The van der Waals surface area contributed by atoms with Crippen molar-refractivity contribution in [2.75, 3.05) is 0 Å². The molecule has 0 spiro atoms. The lowest BCUT2D eigenvalue weighted by Crippen LogP contribution is -2.01. The third-order valence-electron chi connectivity index (χ3n) is 11.3. The largest absolute Gasteiger partial charge is 0.457 e. The van der Waals surface area contributed by atoms with E-state index >= 15 is 0 Å². The van der Waals surface area contributed by atoms with Crippen LogP contribution in [-0.4, -0.2) is 17.3 Å². The highest BCUT2D eigenvalue weighted by Gasteiger charge is 2.15. The van der Waals surface area contributed by atoms with Crippen molar-refractivity contribution in [2.24, 2.45) is 0 Å². The topological polar surface area (TPSA) is 88.1 Å². The van der Waals surface area contributed by atoms with E-state index in [0.29, 0.717) is 89.4 Å². The second-order valence-electron chi connectivity index (χ2n) is 15.8. The maximum absolute atomic E-state index is 13.6. The Morgan fingerprint density at radius 3 is 0.941 bits per heavy atom. The standard InChI is InChI=1S/C59H36Cl2O7/c60-44-22-10-37(11-23-44)57(62)40-16-28-47(29-17-40)66-54-7-1-4-43-36-50(34-35-51(43)54)65-46-26-14-39(15-27-46)59(64)42-20-32-49(33-21-42)68-56-9-3-5-52-53(56)6-2-8-55(52)67-48-30-18-41(19-31-48)58(63)38-12-24-45(61)25-13-38/h1-36H. The summed E-state index contributed by atoms with van der Waals surface area (Å²) in [4.78, 5) is 39.4. The molecule has 0 aliphatic rings. The van der Waals surface area contributed by atoms with Gasteiger partial charge in [-0.05, 0) is 187 Å². The lowest BCUT2D eigenvalue weighted by molar-refractivity contribution is 0.103. The Morgan fingerprint density at radius 2 is 0.574 bits per heavy atom. The van der Waals surface area contributed by atoms with E-state index in [0.717, 1.165) is 21.5 Å². The zero-order valence-electron chi connectivity index (χ0n) is 35.9. The normalized spacial score (nSPS) is 11.0. The number of ketones is 3. The van der Waals surface area contributed by atoms with E-state index in [1.165, 1.54) is 0 Å². The fraction of sp³-hybridized carbons (Fsp3) is 0. The van der Waals surface area contributed by atoms with Crippen LogP contribution in [0.1, 0.15) is 47.8 Å². The molecule has 0 atom stereocenters. The molecule has 10 aromatic rings. The summed E-state index contributed by atoms with van der Waals surface area (Å²) in [5, 5.41) is 4.63. The zero-order chi connectivity index (χ0) is 46.6. The number of rotatable bonds is 14. The summed E-state index contributed by atoms with van der Waals surface area (Å²) < 4.78 is 25.1. The van der Waals surface area contributed by atoms with Crippen LogP contribution in [0.4, 0.5) is 0 Å². The molecule has 0 amide bonds. The highest BCUT2D eigenvalue weighted by molar-refractivity contribution is 6.31. The van der Waals surface area contributed by atoms with Crippen molar-refractivity contribution >= 4 is 62.1 Å². The number of benzene rings is 10. The van der Waals surface area contributed by atoms with Gasteiger partial charge in [-0.3, -0.25) is 14.4 Å². The molecule has 68 heavy (non-hydrogen) atoms. The number of ether oxygens (including phenoxy) is 4. The highest BCUT2D eigenvalue weighted by atomic mass is 35.5. The smallest absolute Gasteiger partial charge is 0.193 e. The van der Waals surface area contributed by atoms with Crippen LogP contribution in [-0.2, 0) is 0 Å². The van der Waals surface area contributed by atoms with Gasteiger partial charge in [-0.25, -0.2) is 0 Å². The predicted molar refractivity (Wildman–Crippen MR) is 267 cm³/mol. The zero-order valence-corrected chi connectivity index (χ0v) is 37.4. The first-order chi connectivity index (χ1) is 33.2. The van der Waals surface area contributed by atoms with Gasteiger partial charge >= 0.3 is 0 Å². The SMILES string of the molecule is O=C(c1ccc(Cl)cc1)c1ccc(Oc2cccc3cc(Oc4ccc(C(=O)c5ccc(Oc6cccc7c(Oc8ccc(C(=O)c9ccc(Cl)cc9)cc8)cccc67)cc5)cc4)ccc23)cc1. The molecule has 0 aliphatic heterocycles. The van der Waals surface area contributed by atoms with Crippen molar-refractivity contribution in [1.82, 2.24) is 0 Å².